The third kappa shape index (κ3) is 3.55. The van der Waals surface area contributed by atoms with E-state index in [1.807, 2.05) is 0 Å². The molecule has 1 atom stereocenters. The summed E-state index contributed by atoms with van der Waals surface area (Å²) in [5.74, 6) is 0.252. The Hall–Kier alpha value is -1.62. The molecule has 0 saturated heterocycles. The summed E-state index contributed by atoms with van der Waals surface area (Å²) < 4.78 is 4.96. The molecule has 15 heavy (non-hydrogen) atoms. The molecule has 0 bridgehead atoms. The number of nitrogens with one attached hydrogen (secondary N) is 1. The molecular weight excluding hydrogens is 196 g/mol. The van der Waals surface area contributed by atoms with E-state index in [1.54, 1.807) is 13.0 Å². The van der Waals surface area contributed by atoms with Crippen molar-refractivity contribution >= 4 is 5.91 Å². The number of pyridine rings is 1. The number of rotatable bonds is 4. The van der Waals surface area contributed by atoms with Crippen LogP contribution in [0.3, 0.4) is 0 Å². The first kappa shape index (κ1) is 11.5. The number of carbonyl (C=O) groups is 1. The zero-order valence-electron chi connectivity index (χ0n) is 8.73. The van der Waals surface area contributed by atoms with Crippen molar-refractivity contribution in [2.45, 2.75) is 13.0 Å². The number of hydrogen-bond acceptors (Lipinski definition) is 4. The number of aromatic nitrogens is 1. The summed E-state index contributed by atoms with van der Waals surface area (Å²) in [6, 6.07) is 3.20. The lowest BCUT2D eigenvalue weighted by Gasteiger charge is -2.07. The van der Waals surface area contributed by atoms with E-state index in [0.29, 0.717) is 5.75 Å². The molecule has 0 aromatic carbocycles. The predicted octanol–water partition coefficient (Wildman–Crippen LogP) is 0.201. The van der Waals surface area contributed by atoms with E-state index in [9.17, 15) is 4.79 Å². The molecule has 1 heterocycles. The summed E-state index contributed by atoms with van der Waals surface area (Å²) >= 11 is 0. The molecular formula is C10H14N2O3. The first-order valence-corrected chi connectivity index (χ1v) is 4.60. The molecule has 1 aromatic rings. The molecule has 1 unspecified atom stereocenters. The molecule has 0 fully saturated rings. The van der Waals surface area contributed by atoms with Gasteiger partial charge in [-0.3, -0.25) is 9.78 Å². The number of carbonyl (C=O) groups excluding carboxylic acids is 1. The van der Waals surface area contributed by atoms with Gasteiger partial charge in [-0.1, -0.05) is 0 Å². The summed E-state index contributed by atoms with van der Waals surface area (Å²) in [4.78, 5) is 15.4. The van der Waals surface area contributed by atoms with Gasteiger partial charge < -0.3 is 15.2 Å². The van der Waals surface area contributed by atoms with Crippen molar-refractivity contribution in [3.63, 3.8) is 0 Å². The van der Waals surface area contributed by atoms with Gasteiger partial charge in [-0.05, 0) is 13.0 Å². The monoisotopic (exact) mass is 210 g/mol. The second kappa shape index (κ2) is 5.31. The number of methoxy groups -OCH3 is 1. The molecule has 0 aliphatic carbocycles. The van der Waals surface area contributed by atoms with Gasteiger partial charge in [0.15, 0.2) is 0 Å². The van der Waals surface area contributed by atoms with Crippen LogP contribution in [0.4, 0.5) is 0 Å². The van der Waals surface area contributed by atoms with E-state index < -0.39 is 6.10 Å². The maximum absolute atomic E-state index is 11.5. The van der Waals surface area contributed by atoms with E-state index in [4.69, 9.17) is 9.84 Å². The maximum Gasteiger partial charge on any atom is 0.270 e. The van der Waals surface area contributed by atoms with Crippen LogP contribution in [0.2, 0.25) is 0 Å². The van der Waals surface area contributed by atoms with Crippen molar-refractivity contribution in [3.05, 3.63) is 24.0 Å². The number of ether oxygens (including phenoxy) is 1. The fourth-order valence-electron chi connectivity index (χ4n) is 0.993. The van der Waals surface area contributed by atoms with E-state index >= 15 is 0 Å². The Kier molecular flexibility index (Phi) is 4.05. The van der Waals surface area contributed by atoms with Gasteiger partial charge in [-0.15, -0.1) is 0 Å². The average molecular weight is 210 g/mol. The Morgan fingerprint density at radius 1 is 1.73 bits per heavy atom. The molecule has 0 aliphatic rings. The minimum atomic E-state index is -0.570. The fraction of sp³-hybridized carbons (Fsp3) is 0.400. The molecule has 1 aromatic heterocycles. The van der Waals surface area contributed by atoms with Gasteiger partial charge in [0.25, 0.3) is 5.91 Å². The average Bonchev–Trinajstić information content (AvgIpc) is 2.26. The van der Waals surface area contributed by atoms with Crippen LogP contribution in [0.25, 0.3) is 0 Å². The third-order valence-corrected chi connectivity index (χ3v) is 1.76. The lowest BCUT2D eigenvalue weighted by molar-refractivity contribution is 0.0918. The highest BCUT2D eigenvalue weighted by Crippen LogP contribution is 2.09. The lowest BCUT2D eigenvalue weighted by atomic mass is 10.3. The number of nitrogens with zero attached hydrogens (tertiary/aromatic N) is 1. The molecule has 0 spiro atoms. The number of amides is 1. The van der Waals surface area contributed by atoms with Gasteiger partial charge in [0, 0.05) is 18.8 Å². The first-order valence-electron chi connectivity index (χ1n) is 4.60. The Morgan fingerprint density at radius 2 is 2.47 bits per heavy atom. The molecule has 1 rings (SSSR count). The zero-order chi connectivity index (χ0) is 11.3. The van der Waals surface area contributed by atoms with E-state index in [0.717, 1.165) is 0 Å². The molecule has 1 amide bonds. The lowest BCUT2D eigenvalue weighted by Crippen LogP contribution is -2.31. The van der Waals surface area contributed by atoms with Gasteiger partial charge in [0.1, 0.15) is 11.4 Å². The molecule has 82 valence electrons. The Labute approximate surface area is 88.1 Å². The van der Waals surface area contributed by atoms with Gasteiger partial charge in [0.2, 0.25) is 0 Å². The fourth-order valence-corrected chi connectivity index (χ4v) is 0.993. The largest absolute Gasteiger partial charge is 0.497 e. The smallest absolute Gasteiger partial charge is 0.270 e. The van der Waals surface area contributed by atoms with Crippen LogP contribution in [0, 0.1) is 0 Å². The van der Waals surface area contributed by atoms with Gasteiger partial charge in [-0.25, -0.2) is 0 Å². The molecule has 0 radical (unpaired) electrons. The summed E-state index contributed by atoms with van der Waals surface area (Å²) in [6.45, 7) is 1.80. The summed E-state index contributed by atoms with van der Waals surface area (Å²) in [5.41, 5.74) is 0.273. The third-order valence-electron chi connectivity index (χ3n) is 1.76. The van der Waals surface area contributed by atoms with Gasteiger partial charge >= 0.3 is 0 Å². The molecule has 5 heteroatoms. The number of hydrogen-bond donors (Lipinski definition) is 2. The Bertz CT molecular complexity index is 339. The Balaban J connectivity index is 2.65. The van der Waals surface area contributed by atoms with Crippen LogP contribution < -0.4 is 10.1 Å². The molecule has 0 aliphatic heterocycles. The van der Waals surface area contributed by atoms with Crippen molar-refractivity contribution < 1.29 is 14.6 Å². The topological polar surface area (TPSA) is 71.5 Å². The highest BCUT2D eigenvalue weighted by atomic mass is 16.5. The molecule has 0 saturated carbocycles. The van der Waals surface area contributed by atoms with Crippen LogP contribution in [0.15, 0.2) is 18.3 Å². The minimum absolute atomic E-state index is 0.206. The quantitative estimate of drug-likeness (QED) is 0.744. The maximum atomic E-state index is 11.5. The molecule has 2 N–H and O–H groups in total. The van der Waals surface area contributed by atoms with Crippen LogP contribution in [-0.4, -0.2) is 35.8 Å². The van der Waals surface area contributed by atoms with Crippen molar-refractivity contribution in [3.8, 4) is 5.75 Å². The van der Waals surface area contributed by atoms with Crippen LogP contribution in [0.5, 0.6) is 5.75 Å². The standard InChI is InChI=1S/C10H14N2O3/c1-7(13)6-12-10(14)9-5-8(15-2)3-4-11-9/h3-5,7,13H,6H2,1-2H3,(H,12,14). The Morgan fingerprint density at radius 3 is 3.07 bits per heavy atom. The van der Waals surface area contributed by atoms with E-state index in [1.165, 1.54) is 19.4 Å². The highest BCUT2D eigenvalue weighted by molar-refractivity contribution is 5.92. The zero-order valence-corrected chi connectivity index (χ0v) is 8.73. The van der Waals surface area contributed by atoms with Crippen molar-refractivity contribution in [1.82, 2.24) is 10.3 Å². The second-order valence-corrected chi connectivity index (χ2v) is 3.14. The number of aliphatic hydroxyl groups is 1. The van der Waals surface area contributed by atoms with Crippen LogP contribution in [0.1, 0.15) is 17.4 Å². The van der Waals surface area contributed by atoms with Crippen molar-refractivity contribution in [2.75, 3.05) is 13.7 Å². The second-order valence-electron chi connectivity index (χ2n) is 3.14. The summed E-state index contributed by atoms with van der Waals surface area (Å²) in [6.07, 6.45) is 0.926. The number of aliphatic hydroxyl groups excluding tert-OH is 1. The van der Waals surface area contributed by atoms with Crippen LogP contribution >= 0.6 is 0 Å². The van der Waals surface area contributed by atoms with E-state index in [2.05, 4.69) is 10.3 Å². The summed E-state index contributed by atoms with van der Waals surface area (Å²) in [5, 5.41) is 11.5. The molecule has 5 nitrogen and oxygen atoms in total. The van der Waals surface area contributed by atoms with Gasteiger partial charge in [-0.2, -0.15) is 0 Å². The predicted molar refractivity (Wildman–Crippen MR) is 54.8 cm³/mol. The summed E-state index contributed by atoms with van der Waals surface area (Å²) in [7, 11) is 1.52. The van der Waals surface area contributed by atoms with Gasteiger partial charge in [0.05, 0.1) is 13.2 Å². The van der Waals surface area contributed by atoms with Crippen molar-refractivity contribution in [2.24, 2.45) is 0 Å². The van der Waals surface area contributed by atoms with E-state index in [-0.39, 0.29) is 18.1 Å². The SMILES string of the molecule is COc1ccnc(C(=O)NCC(C)O)c1. The van der Waals surface area contributed by atoms with Crippen molar-refractivity contribution in [1.29, 1.82) is 0 Å². The highest BCUT2D eigenvalue weighted by Gasteiger charge is 2.08. The minimum Gasteiger partial charge on any atom is -0.497 e. The van der Waals surface area contributed by atoms with Crippen LogP contribution in [-0.2, 0) is 0 Å². The first-order chi connectivity index (χ1) is 7.13. The normalized spacial score (nSPS) is 11.9.